The van der Waals surface area contributed by atoms with E-state index in [1.807, 2.05) is 30.3 Å². The number of benzene rings is 2. The lowest BCUT2D eigenvalue weighted by Gasteiger charge is -2.32. The van der Waals surface area contributed by atoms with E-state index in [0.29, 0.717) is 6.54 Å². The number of halogens is 1. The molecule has 4 heteroatoms. The summed E-state index contributed by atoms with van der Waals surface area (Å²) in [6.07, 6.45) is 0. The van der Waals surface area contributed by atoms with E-state index in [2.05, 4.69) is 31.4 Å². The van der Waals surface area contributed by atoms with Gasteiger partial charge in [0.25, 0.3) is 0 Å². The Labute approximate surface area is 143 Å². The molecule has 1 amide bonds. The van der Waals surface area contributed by atoms with Crippen molar-refractivity contribution in [2.45, 2.75) is 33.4 Å². The Kier molecular flexibility index (Phi) is 6.10. The van der Waals surface area contributed by atoms with E-state index in [0.717, 1.165) is 11.1 Å². The standard InChI is InChI=1S/C20H25FN2O/c1-20(2,3)19(16-9-11-17(21)12-10-16)23-14-18(24)22-13-15-7-5-4-6-8-15/h4-12,19,23H,13-14H2,1-3H3,(H,22,24). The molecular weight excluding hydrogens is 303 g/mol. The number of hydrogen-bond donors (Lipinski definition) is 2. The second-order valence-electron chi connectivity index (χ2n) is 6.99. The molecule has 24 heavy (non-hydrogen) atoms. The zero-order chi connectivity index (χ0) is 17.6. The van der Waals surface area contributed by atoms with Crippen LogP contribution < -0.4 is 10.6 Å². The van der Waals surface area contributed by atoms with Gasteiger partial charge < -0.3 is 10.6 Å². The molecule has 1 atom stereocenters. The van der Waals surface area contributed by atoms with Crippen LogP contribution in [0.5, 0.6) is 0 Å². The largest absolute Gasteiger partial charge is 0.351 e. The third kappa shape index (κ3) is 5.46. The van der Waals surface area contributed by atoms with Crippen LogP contribution in [0.4, 0.5) is 4.39 Å². The second kappa shape index (κ2) is 8.06. The fourth-order valence-electron chi connectivity index (χ4n) is 2.63. The van der Waals surface area contributed by atoms with E-state index >= 15 is 0 Å². The molecule has 2 aromatic carbocycles. The second-order valence-corrected chi connectivity index (χ2v) is 6.99. The molecule has 128 valence electrons. The van der Waals surface area contributed by atoms with Gasteiger partial charge in [-0.3, -0.25) is 4.79 Å². The van der Waals surface area contributed by atoms with Crippen molar-refractivity contribution in [1.29, 1.82) is 0 Å². The van der Waals surface area contributed by atoms with Gasteiger partial charge in [0, 0.05) is 12.6 Å². The average molecular weight is 328 g/mol. The van der Waals surface area contributed by atoms with Crippen LogP contribution in [0, 0.1) is 11.2 Å². The topological polar surface area (TPSA) is 41.1 Å². The van der Waals surface area contributed by atoms with Crippen LogP contribution in [-0.2, 0) is 11.3 Å². The van der Waals surface area contributed by atoms with Crippen molar-refractivity contribution in [2.75, 3.05) is 6.54 Å². The number of rotatable bonds is 6. The van der Waals surface area contributed by atoms with Crippen molar-refractivity contribution < 1.29 is 9.18 Å². The van der Waals surface area contributed by atoms with Gasteiger partial charge in [-0.1, -0.05) is 63.2 Å². The Bertz CT molecular complexity index is 648. The third-order valence-electron chi connectivity index (χ3n) is 3.87. The summed E-state index contributed by atoms with van der Waals surface area (Å²) in [4.78, 5) is 12.1. The molecule has 0 aliphatic heterocycles. The first-order chi connectivity index (χ1) is 11.4. The van der Waals surface area contributed by atoms with Crippen molar-refractivity contribution in [3.05, 3.63) is 71.5 Å². The van der Waals surface area contributed by atoms with Gasteiger partial charge in [-0.2, -0.15) is 0 Å². The number of carbonyl (C=O) groups is 1. The summed E-state index contributed by atoms with van der Waals surface area (Å²) in [6.45, 7) is 7.01. The van der Waals surface area contributed by atoms with Gasteiger partial charge in [0.1, 0.15) is 5.82 Å². The highest BCUT2D eigenvalue weighted by atomic mass is 19.1. The van der Waals surface area contributed by atoms with Crippen LogP contribution in [0.15, 0.2) is 54.6 Å². The van der Waals surface area contributed by atoms with Crippen molar-refractivity contribution in [1.82, 2.24) is 10.6 Å². The van der Waals surface area contributed by atoms with Crippen molar-refractivity contribution >= 4 is 5.91 Å². The molecule has 0 aromatic heterocycles. The first-order valence-electron chi connectivity index (χ1n) is 8.16. The summed E-state index contributed by atoms with van der Waals surface area (Å²) in [5.41, 5.74) is 1.94. The van der Waals surface area contributed by atoms with E-state index in [-0.39, 0.29) is 29.7 Å². The van der Waals surface area contributed by atoms with Crippen molar-refractivity contribution in [3.63, 3.8) is 0 Å². The van der Waals surface area contributed by atoms with Crippen molar-refractivity contribution in [3.8, 4) is 0 Å². The predicted octanol–water partition coefficient (Wildman–Crippen LogP) is 3.82. The van der Waals surface area contributed by atoms with Crippen LogP contribution in [0.2, 0.25) is 0 Å². The highest BCUT2D eigenvalue weighted by molar-refractivity contribution is 5.78. The molecule has 0 spiro atoms. The van der Waals surface area contributed by atoms with Crippen LogP contribution in [0.25, 0.3) is 0 Å². The maximum atomic E-state index is 13.1. The highest BCUT2D eigenvalue weighted by Crippen LogP contribution is 2.32. The summed E-state index contributed by atoms with van der Waals surface area (Å²) in [6, 6.07) is 16.2. The van der Waals surface area contributed by atoms with Gasteiger partial charge in [-0.05, 0) is 28.7 Å². The van der Waals surface area contributed by atoms with Gasteiger partial charge in [-0.25, -0.2) is 4.39 Å². The Balaban J connectivity index is 1.93. The minimum atomic E-state index is -0.257. The van der Waals surface area contributed by atoms with E-state index < -0.39 is 0 Å². The molecule has 2 N–H and O–H groups in total. The van der Waals surface area contributed by atoms with Crippen LogP contribution in [-0.4, -0.2) is 12.5 Å². The van der Waals surface area contributed by atoms with E-state index in [4.69, 9.17) is 0 Å². The molecular formula is C20H25FN2O. The molecule has 2 aromatic rings. The molecule has 1 unspecified atom stereocenters. The monoisotopic (exact) mass is 328 g/mol. The molecule has 0 aliphatic carbocycles. The summed E-state index contributed by atoms with van der Waals surface area (Å²) in [5, 5.41) is 6.20. The lowest BCUT2D eigenvalue weighted by Crippen LogP contribution is -2.39. The van der Waals surface area contributed by atoms with Crippen LogP contribution in [0.3, 0.4) is 0 Å². The molecule has 0 saturated carbocycles. The van der Waals surface area contributed by atoms with E-state index in [1.54, 1.807) is 12.1 Å². The SMILES string of the molecule is CC(C)(C)C(NCC(=O)NCc1ccccc1)c1ccc(F)cc1. The molecule has 0 radical (unpaired) electrons. The smallest absolute Gasteiger partial charge is 0.234 e. The summed E-state index contributed by atoms with van der Waals surface area (Å²) in [5.74, 6) is -0.317. The highest BCUT2D eigenvalue weighted by Gasteiger charge is 2.26. The summed E-state index contributed by atoms with van der Waals surface area (Å²) in [7, 11) is 0. The molecule has 3 nitrogen and oxygen atoms in total. The lowest BCUT2D eigenvalue weighted by molar-refractivity contribution is -0.120. The Morgan fingerprint density at radius 1 is 1.04 bits per heavy atom. The molecule has 0 saturated heterocycles. The van der Waals surface area contributed by atoms with E-state index in [1.165, 1.54) is 12.1 Å². The minimum Gasteiger partial charge on any atom is -0.351 e. The van der Waals surface area contributed by atoms with Gasteiger partial charge in [0.05, 0.1) is 6.54 Å². The molecule has 0 heterocycles. The van der Waals surface area contributed by atoms with Gasteiger partial charge >= 0.3 is 0 Å². The summed E-state index contributed by atoms with van der Waals surface area (Å²) >= 11 is 0. The van der Waals surface area contributed by atoms with Gasteiger partial charge in [0.15, 0.2) is 0 Å². The minimum absolute atomic E-state index is 0.0411. The number of carbonyl (C=O) groups excluding carboxylic acids is 1. The molecule has 0 bridgehead atoms. The average Bonchev–Trinajstić information content (AvgIpc) is 2.54. The zero-order valence-electron chi connectivity index (χ0n) is 14.5. The maximum absolute atomic E-state index is 13.1. The fraction of sp³-hybridized carbons (Fsp3) is 0.350. The number of nitrogens with one attached hydrogen (secondary N) is 2. The first-order valence-corrected chi connectivity index (χ1v) is 8.16. The van der Waals surface area contributed by atoms with Crippen LogP contribution >= 0.6 is 0 Å². The fourth-order valence-corrected chi connectivity index (χ4v) is 2.63. The van der Waals surface area contributed by atoms with Gasteiger partial charge in [0.2, 0.25) is 5.91 Å². The quantitative estimate of drug-likeness (QED) is 0.846. The molecule has 0 fully saturated rings. The van der Waals surface area contributed by atoms with Crippen LogP contribution in [0.1, 0.15) is 37.9 Å². The Hall–Kier alpha value is -2.20. The third-order valence-corrected chi connectivity index (χ3v) is 3.87. The lowest BCUT2D eigenvalue weighted by atomic mass is 9.82. The number of hydrogen-bond acceptors (Lipinski definition) is 2. The normalized spacial score (nSPS) is 12.7. The predicted molar refractivity (Wildman–Crippen MR) is 94.9 cm³/mol. The van der Waals surface area contributed by atoms with Crippen molar-refractivity contribution in [2.24, 2.45) is 5.41 Å². The Morgan fingerprint density at radius 3 is 2.25 bits per heavy atom. The molecule has 2 rings (SSSR count). The van der Waals surface area contributed by atoms with E-state index in [9.17, 15) is 9.18 Å². The molecule has 0 aliphatic rings. The number of amides is 1. The Morgan fingerprint density at radius 2 is 1.67 bits per heavy atom. The first kappa shape index (κ1) is 18.1. The van der Waals surface area contributed by atoms with Gasteiger partial charge in [-0.15, -0.1) is 0 Å². The summed E-state index contributed by atoms with van der Waals surface area (Å²) < 4.78 is 13.1. The zero-order valence-corrected chi connectivity index (χ0v) is 14.5. The maximum Gasteiger partial charge on any atom is 0.234 e.